The topological polar surface area (TPSA) is 75.7 Å². The SMILES string of the molecule is COc1cc(/C=C2/C(=O)NC(=O)N(c3ccccc3F)C2=O)cc(Cl)c1Cc1cccc(F)c1. The molecule has 0 bridgehead atoms. The summed E-state index contributed by atoms with van der Waals surface area (Å²) in [6, 6.07) is 13.3. The van der Waals surface area contributed by atoms with E-state index in [9.17, 15) is 23.2 Å². The molecule has 172 valence electrons. The van der Waals surface area contributed by atoms with Gasteiger partial charge in [-0.15, -0.1) is 0 Å². The van der Waals surface area contributed by atoms with Crippen molar-refractivity contribution in [2.45, 2.75) is 6.42 Å². The van der Waals surface area contributed by atoms with Crippen LogP contribution in [0.2, 0.25) is 5.02 Å². The van der Waals surface area contributed by atoms with E-state index in [2.05, 4.69) is 0 Å². The molecule has 1 saturated heterocycles. The van der Waals surface area contributed by atoms with Gasteiger partial charge in [0.1, 0.15) is 23.0 Å². The number of hydrogen-bond donors (Lipinski definition) is 1. The second-order valence-electron chi connectivity index (χ2n) is 7.40. The number of nitrogens with zero attached hydrogens (tertiary/aromatic N) is 1. The molecule has 1 N–H and O–H groups in total. The molecule has 0 unspecified atom stereocenters. The molecule has 3 aromatic rings. The molecule has 0 saturated carbocycles. The number of amides is 4. The normalized spacial score (nSPS) is 15.0. The monoisotopic (exact) mass is 482 g/mol. The minimum absolute atomic E-state index is 0.265. The lowest BCUT2D eigenvalue weighted by molar-refractivity contribution is -0.122. The second kappa shape index (κ2) is 9.44. The number of anilines is 1. The van der Waals surface area contributed by atoms with Gasteiger partial charge in [-0.1, -0.05) is 35.9 Å². The number of nitrogens with one attached hydrogen (secondary N) is 1. The number of imide groups is 2. The van der Waals surface area contributed by atoms with E-state index >= 15 is 0 Å². The zero-order chi connectivity index (χ0) is 24.4. The summed E-state index contributed by atoms with van der Waals surface area (Å²) < 4.78 is 33.2. The third-order valence-corrected chi connectivity index (χ3v) is 5.51. The van der Waals surface area contributed by atoms with E-state index in [1.165, 1.54) is 49.6 Å². The zero-order valence-electron chi connectivity index (χ0n) is 17.8. The highest BCUT2D eigenvalue weighted by molar-refractivity contribution is 6.39. The smallest absolute Gasteiger partial charge is 0.336 e. The van der Waals surface area contributed by atoms with Crippen molar-refractivity contribution >= 4 is 41.2 Å². The summed E-state index contributed by atoms with van der Waals surface area (Å²) in [5.74, 6) is -2.75. The fourth-order valence-corrected chi connectivity index (χ4v) is 3.88. The summed E-state index contributed by atoms with van der Waals surface area (Å²) in [6.07, 6.45) is 1.52. The quantitative estimate of drug-likeness (QED) is 0.415. The number of ether oxygens (including phenoxy) is 1. The van der Waals surface area contributed by atoms with Gasteiger partial charge in [0, 0.05) is 17.0 Å². The number of para-hydroxylation sites is 1. The van der Waals surface area contributed by atoms with Gasteiger partial charge in [0.05, 0.1) is 12.8 Å². The van der Waals surface area contributed by atoms with Gasteiger partial charge in [0.2, 0.25) is 0 Å². The summed E-state index contributed by atoms with van der Waals surface area (Å²) in [6.45, 7) is 0. The summed E-state index contributed by atoms with van der Waals surface area (Å²) in [4.78, 5) is 38.2. The van der Waals surface area contributed by atoms with E-state index in [-0.39, 0.29) is 28.5 Å². The van der Waals surface area contributed by atoms with Crippen LogP contribution in [0.25, 0.3) is 6.08 Å². The summed E-state index contributed by atoms with van der Waals surface area (Å²) in [7, 11) is 1.43. The second-order valence-corrected chi connectivity index (χ2v) is 7.81. The van der Waals surface area contributed by atoms with Gasteiger partial charge in [-0.05, 0) is 53.6 Å². The highest BCUT2D eigenvalue weighted by atomic mass is 35.5. The molecule has 0 aliphatic carbocycles. The van der Waals surface area contributed by atoms with Crippen molar-refractivity contribution in [2.75, 3.05) is 12.0 Å². The maximum Gasteiger partial charge on any atom is 0.336 e. The predicted octanol–water partition coefficient (Wildman–Crippen LogP) is 4.88. The average molecular weight is 483 g/mol. The number of hydrogen-bond acceptors (Lipinski definition) is 4. The van der Waals surface area contributed by atoms with Crippen LogP contribution in [0.1, 0.15) is 16.7 Å². The molecule has 3 aromatic carbocycles. The number of rotatable bonds is 5. The van der Waals surface area contributed by atoms with Gasteiger partial charge in [-0.3, -0.25) is 14.9 Å². The van der Waals surface area contributed by atoms with E-state index < -0.39 is 23.7 Å². The molecule has 0 spiro atoms. The Labute approximate surface area is 198 Å². The molecule has 0 aromatic heterocycles. The molecule has 0 atom stereocenters. The lowest BCUT2D eigenvalue weighted by Crippen LogP contribution is -2.54. The molecule has 1 fully saturated rings. The van der Waals surface area contributed by atoms with Crippen molar-refractivity contribution in [3.8, 4) is 5.75 Å². The predicted molar refractivity (Wildman–Crippen MR) is 123 cm³/mol. The minimum Gasteiger partial charge on any atom is -0.496 e. The van der Waals surface area contributed by atoms with Crippen LogP contribution in [-0.4, -0.2) is 25.0 Å². The molecule has 34 heavy (non-hydrogen) atoms. The molecule has 1 aliphatic rings. The Morgan fingerprint density at radius 2 is 1.79 bits per heavy atom. The Morgan fingerprint density at radius 1 is 1.03 bits per heavy atom. The number of methoxy groups -OCH3 is 1. The van der Waals surface area contributed by atoms with Crippen molar-refractivity contribution in [3.05, 3.63) is 99.6 Å². The van der Waals surface area contributed by atoms with E-state index in [1.54, 1.807) is 18.2 Å². The highest BCUT2D eigenvalue weighted by Gasteiger charge is 2.38. The molecule has 1 aliphatic heterocycles. The summed E-state index contributed by atoms with van der Waals surface area (Å²) in [5.41, 5.74) is 0.918. The van der Waals surface area contributed by atoms with Gasteiger partial charge in [0.25, 0.3) is 11.8 Å². The van der Waals surface area contributed by atoms with Gasteiger partial charge in [0.15, 0.2) is 0 Å². The van der Waals surface area contributed by atoms with Crippen LogP contribution in [0.4, 0.5) is 19.3 Å². The van der Waals surface area contributed by atoms with E-state index in [1.807, 2.05) is 5.32 Å². The Kier molecular flexibility index (Phi) is 6.43. The Balaban J connectivity index is 1.72. The summed E-state index contributed by atoms with van der Waals surface area (Å²) >= 11 is 6.46. The average Bonchev–Trinajstić information content (AvgIpc) is 2.79. The van der Waals surface area contributed by atoms with E-state index in [0.29, 0.717) is 27.3 Å². The number of benzene rings is 3. The van der Waals surface area contributed by atoms with Crippen LogP contribution in [0, 0.1) is 11.6 Å². The van der Waals surface area contributed by atoms with Crippen molar-refractivity contribution in [1.29, 1.82) is 0 Å². The fraction of sp³-hybridized carbons (Fsp3) is 0.0800. The zero-order valence-corrected chi connectivity index (χ0v) is 18.5. The third-order valence-electron chi connectivity index (χ3n) is 5.17. The lowest BCUT2D eigenvalue weighted by Gasteiger charge is -2.26. The minimum atomic E-state index is -1.06. The number of halogens is 3. The molecule has 9 heteroatoms. The Hall–Kier alpha value is -4.04. The van der Waals surface area contributed by atoms with Gasteiger partial charge < -0.3 is 4.74 Å². The number of carbonyl (C=O) groups is 3. The molecule has 0 radical (unpaired) electrons. The maximum atomic E-state index is 14.2. The molecule has 4 amide bonds. The lowest BCUT2D eigenvalue weighted by atomic mass is 10.00. The highest BCUT2D eigenvalue weighted by Crippen LogP contribution is 2.32. The van der Waals surface area contributed by atoms with Crippen molar-refractivity contribution in [2.24, 2.45) is 0 Å². The van der Waals surface area contributed by atoms with Crippen LogP contribution >= 0.6 is 11.6 Å². The molecular formula is C25H17ClF2N2O4. The number of carbonyl (C=O) groups excluding carboxylic acids is 3. The van der Waals surface area contributed by atoms with Crippen LogP contribution in [0.3, 0.4) is 0 Å². The molecule has 6 nitrogen and oxygen atoms in total. The first-order chi connectivity index (χ1) is 16.3. The van der Waals surface area contributed by atoms with Gasteiger partial charge in [-0.2, -0.15) is 0 Å². The van der Waals surface area contributed by atoms with Crippen LogP contribution in [0.5, 0.6) is 5.75 Å². The summed E-state index contributed by atoms with van der Waals surface area (Å²) in [5, 5.41) is 2.31. The molecule has 4 rings (SSSR count). The van der Waals surface area contributed by atoms with Crippen molar-refractivity contribution < 1.29 is 27.9 Å². The Bertz CT molecular complexity index is 1360. The van der Waals surface area contributed by atoms with Crippen LogP contribution in [-0.2, 0) is 16.0 Å². The first kappa shape index (κ1) is 23.1. The first-order valence-electron chi connectivity index (χ1n) is 10.1. The van der Waals surface area contributed by atoms with Crippen molar-refractivity contribution in [1.82, 2.24) is 5.32 Å². The molecule has 1 heterocycles. The van der Waals surface area contributed by atoms with Crippen LogP contribution < -0.4 is 15.0 Å². The number of urea groups is 1. The molecular weight excluding hydrogens is 466 g/mol. The maximum absolute atomic E-state index is 14.2. The third kappa shape index (κ3) is 4.53. The largest absolute Gasteiger partial charge is 0.496 e. The number of barbiturate groups is 1. The fourth-order valence-electron chi connectivity index (χ4n) is 3.60. The standard InChI is InChI=1S/C25H17ClF2N2O4/c1-34-22-13-15(12-19(26)17(22)10-14-5-4-6-16(27)9-14)11-18-23(31)29-25(33)30(24(18)32)21-8-3-2-7-20(21)28/h2-9,11-13H,10H2,1H3,(H,29,31,33)/b18-11-. The van der Waals surface area contributed by atoms with Gasteiger partial charge >= 0.3 is 6.03 Å². The van der Waals surface area contributed by atoms with Gasteiger partial charge in [-0.25, -0.2) is 18.5 Å². The first-order valence-corrected chi connectivity index (χ1v) is 10.4. The van der Waals surface area contributed by atoms with E-state index in [4.69, 9.17) is 16.3 Å². The van der Waals surface area contributed by atoms with E-state index in [0.717, 1.165) is 6.07 Å². The van der Waals surface area contributed by atoms with Crippen LogP contribution in [0.15, 0.2) is 66.2 Å². The van der Waals surface area contributed by atoms with Crippen molar-refractivity contribution in [3.63, 3.8) is 0 Å². The Morgan fingerprint density at radius 3 is 2.50 bits per heavy atom.